The highest BCUT2D eigenvalue weighted by molar-refractivity contribution is 5.94. The lowest BCUT2D eigenvalue weighted by Gasteiger charge is -2.36. The Hall–Kier alpha value is -12.1. The number of nitrogens with zero attached hydrogens (tertiary/aromatic N) is 2. The van der Waals surface area contributed by atoms with Gasteiger partial charge in [-0.2, -0.15) is 0 Å². The van der Waals surface area contributed by atoms with Gasteiger partial charge in [-0.1, -0.05) is 322 Å². The van der Waals surface area contributed by atoms with E-state index in [2.05, 4.69) is 398 Å². The van der Waals surface area contributed by atoms with Crippen molar-refractivity contribution in [2.24, 2.45) is 0 Å². The molecule has 0 unspecified atom stereocenters. The van der Waals surface area contributed by atoms with Crippen molar-refractivity contribution in [3.63, 3.8) is 0 Å². The van der Waals surface area contributed by atoms with Crippen LogP contribution in [0.15, 0.2) is 388 Å². The molecule has 0 atom stereocenters. The molecule has 0 bridgehead atoms. The van der Waals surface area contributed by atoms with Crippen LogP contribution in [0.1, 0.15) is 66.8 Å². The van der Waals surface area contributed by atoms with E-state index in [1.807, 2.05) is 0 Å². The maximum Gasteiger partial charge on any atom is 0.0714 e. The highest BCUT2D eigenvalue weighted by atomic mass is 15.2. The second-order valence-corrected chi connectivity index (χ2v) is 25.4. The summed E-state index contributed by atoms with van der Waals surface area (Å²) in [6.45, 7) is 0. The first-order valence-corrected chi connectivity index (χ1v) is 33.1. The average Bonchev–Trinajstić information content (AvgIpc) is 1.58. The second kappa shape index (κ2) is 22.6. The molecule has 95 heavy (non-hydrogen) atoms. The van der Waals surface area contributed by atoms with Gasteiger partial charge in [0.15, 0.2) is 0 Å². The smallest absolute Gasteiger partial charge is 0.0714 e. The van der Waals surface area contributed by atoms with E-state index >= 15 is 0 Å². The number of anilines is 6. The van der Waals surface area contributed by atoms with Crippen LogP contribution in [0, 0.1) is 0 Å². The van der Waals surface area contributed by atoms with E-state index in [1.165, 1.54) is 106 Å². The van der Waals surface area contributed by atoms with Crippen LogP contribution < -0.4 is 9.80 Å². The summed E-state index contributed by atoms with van der Waals surface area (Å²) in [6, 6.07) is 145. The second-order valence-electron chi connectivity index (χ2n) is 25.4. The van der Waals surface area contributed by atoms with E-state index < -0.39 is 16.2 Å². The molecule has 0 saturated carbocycles. The third-order valence-electron chi connectivity index (χ3n) is 20.7. The van der Waals surface area contributed by atoms with Crippen molar-refractivity contribution in [1.82, 2.24) is 0 Å². The highest BCUT2D eigenvalue weighted by Gasteiger charge is 2.49. The van der Waals surface area contributed by atoms with Crippen molar-refractivity contribution in [2.45, 2.75) is 16.2 Å². The van der Waals surface area contributed by atoms with Gasteiger partial charge in [0.05, 0.1) is 16.2 Å². The summed E-state index contributed by atoms with van der Waals surface area (Å²) in [5, 5.41) is 0. The first kappa shape index (κ1) is 55.7. The van der Waals surface area contributed by atoms with Crippen LogP contribution in [0.25, 0.3) is 44.5 Å². The van der Waals surface area contributed by atoms with E-state index in [0.29, 0.717) is 0 Å². The minimum absolute atomic E-state index is 0.601. The third-order valence-corrected chi connectivity index (χ3v) is 20.7. The minimum atomic E-state index is -0.626. The van der Waals surface area contributed by atoms with E-state index in [1.54, 1.807) is 0 Å². The van der Waals surface area contributed by atoms with Crippen LogP contribution in [0.5, 0.6) is 0 Å². The summed E-state index contributed by atoms with van der Waals surface area (Å²) in [5.41, 5.74) is 29.1. The van der Waals surface area contributed by atoms with Gasteiger partial charge < -0.3 is 9.80 Å². The molecule has 2 nitrogen and oxygen atoms in total. The number of fused-ring (bicyclic) bond motifs is 9. The van der Waals surface area contributed by atoms with Gasteiger partial charge in [0.25, 0.3) is 0 Å². The Morgan fingerprint density at radius 2 is 0.400 bits per heavy atom. The molecule has 0 amide bonds. The molecule has 0 aromatic heterocycles. The van der Waals surface area contributed by atoms with E-state index in [4.69, 9.17) is 0 Å². The Labute approximate surface area is 556 Å². The quantitative estimate of drug-likeness (QED) is 0.114. The zero-order valence-corrected chi connectivity index (χ0v) is 52.3. The van der Waals surface area contributed by atoms with E-state index in [0.717, 1.165) is 39.7 Å². The predicted molar refractivity (Wildman–Crippen MR) is 393 cm³/mol. The van der Waals surface area contributed by atoms with Crippen LogP contribution >= 0.6 is 0 Å². The molecule has 2 heteroatoms. The topological polar surface area (TPSA) is 6.48 Å². The molecule has 0 fully saturated rings. The summed E-state index contributed by atoms with van der Waals surface area (Å²) in [6.07, 6.45) is 0. The van der Waals surface area contributed by atoms with Crippen molar-refractivity contribution in [2.75, 3.05) is 9.80 Å². The summed E-state index contributed by atoms with van der Waals surface area (Å²) >= 11 is 0. The molecule has 3 aliphatic carbocycles. The number of rotatable bonds is 13. The minimum Gasteiger partial charge on any atom is -0.310 e. The molecule has 0 heterocycles. The van der Waals surface area contributed by atoms with Crippen LogP contribution in [0.2, 0.25) is 0 Å². The van der Waals surface area contributed by atoms with Gasteiger partial charge in [-0.25, -0.2) is 0 Å². The largest absolute Gasteiger partial charge is 0.310 e. The lowest BCUT2D eigenvalue weighted by molar-refractivity contribution is 0.767. The van der Waals surface area contributed by atoms with Gasteiger partial charge in [0.2, 0.25) is 0 Å². The monoisotopic (exact) mass is 1210 g/mol. The molecular formula is C93H64N2. The Kier molecular flexibility index (Phi) is 13.3. The van der Waals surface area contributed by atoms with Gasteiger partial charge in [0.1, 0.15) is 0 Å². The molecule has 0 N–H and O–H groups in total. The Balaban J connectivity index is 0.889. The van der Waals surface area contributed by atoms with Crippen LogP contribution in [-0.4, -0.2) is 0 Å². The molecular weight excluding hydrogens is 1150 g/mol. The first-order valence-electron chi connectivity index (χ1n) is 33.1. The van der Waals surface area contributed by atoms with Crippen molar-refractivity contribution in [3.05, 3.63) is 455 Å². The van der Waals surface area contributed by atoms with Gasteiger partial charge in [-0.05, 0) is 178 Å². The molecule has 15 aromatic carbocycles. The van der Waals surface area contributed by atoms with Gasteiger partial charge in [-0.3, -0.25) is 0 Å². The molecule has 3 aliphatic rings. The van der Waals surface area contributed by atoms with Gasteiger partial charge >= 0.3 is 0 Å². The van der Waals surface area contributed by atoms with E-state index in [-0.39, 0.29) is 0 Å². The molecule has 0 aliphatic heterocycles. The maximum absolute atomic E-state index is 2.53. The molecule has 18 rings (SSSR count). The zero-order chi connectivity index (χ0) is 62.9. The zero-order valence-electron chi connectivity index (χ0n) is 52.3. The van der Waals surface area contributed by atoms with Gasteiger partial charge in [0, 0.05) is 34.1 Å². The molecule has 446 valence electrons. The number of hydrogen-bond donors (Lipinski definition) is 0. The van der Waals surface area contributed by atoms with Crippen LogP contribution in [0.4, 0.5) is 34.1 Å². The van der Waals surface area contributed by atoms with E-state index in [9.17, 15) is 0 Å². The molecule has 0 spiro atoms. The van der Waals surface area contributed by atoms with Crippen LogP contribution in [-0.2, 0) is 16.2 Å². The van der Waals surface area contributed by atoms with Crippen molar-refractivity contribution in [3.8, 4) is 44.5 Å². The average molecular weight is 1210 g/mol. The predicted octanol–water partition coefficient (Wildman–Crippen LogP) is 23.4. The van der Waals surface area contributed by atoms with Crippen LogP contribution in [0.3, 0.4) is 0 Å². The summed E-state index contributed by atoms with van der Waals surface area (Å²) in [7, 11) is 0. The van der Waals surface area contributed by atoms with Gasteiger partial charge in [-0.15, -0.1) is 0 Å². The maximum atomic E-state index is 2.53. The van der Waals surface area contributed by atoms with Crippen molar-refractivity contribution < 1.29 is 0 Å². The number of hydrogen-bond acceptors (Lipinski definition) is 2. The fourth-order valence-corrected chi connectivity index (χ4v) is 16.8. The SMILES string of the molecule is c1ccc(-c2ccc(N(c3cccc(N(c4ccc5c(c4)C(c4ccccc4)(c4ccccc4)c4ccccc4-5)c4ccc5c(c4)C(c4ccccc4)(c4ccccc4)c4ccccc4-5)c3)c3cccc(C4(c5ccccc5)c5ccccc5-c5ccccc54)c3)cc2)cc1. The Morgan fingerprint density at radius 1 is 0.147 bits per heavy atom. The number of benzene rings is 15. The highest BCUT2D eigenvalue weighted by Crippen LogP contribution is 2.61. The Morgan fingerprint density at radius 3 is 0.779 bits per heavy atom. The Bertz CT molecular complexity index is 5050. The van der Waals surface area contributed by atoms with Crippen molar-refractivity contribution in [1.29, 1.82) is 0 Å². The first-order chi connectivity index (χ1) is 47.1. The fraction of sp³-hybridized carbons (Fsp3) is 0.0323. The summed E-state index contributed by atoms with van der Waals surface area (Å²) < 4.78 is 0. The van der Waals surface area contributed by atoms with Crippen molar-refractivity contribution >= 4 is 34.1 Å². The fourth-order valence-electron chi connectivity index (χ4n) is 16.8. The molecule has 0 radical (unpaired) electrons. The normalized spacial score (nSPS) is 13.7. The lowest BCUT2D eigenvalue weighted by atomic mass is 9.67. The standard InChI is InChI=1S/C93H64N2/c1-7-29-65(30-8-1)66-53-55-73(56-54-66)94(74-42-27-41-72(61-74)93(71-39-17-6-18-40-71)87-51-25-19-45-79(87)80-46-20-26-52-88(80)93)75-43-28-44-76(62-75)95(77-57-59-83-81-47-21-23-49-85(81)91(89(83)63-77,67-31-9-2-10-32-67)68-33-11-3-12-34-68)78-58-60-84-82-48-22-24-50-86(82)92(90(84)64-78,69-35-13-4-14-36-69)70-37-15-5-16-38-70/h1-64H. The molecule has 15 aromatic rings. The molecule has 0 saturated heterocycles. The summed E-state index contributed by atoms with van der Waals surface area (Å²) in [4.78, 5) is 5.00. The lowest BCUT2D eigenvalue weighted by Crippen LogP contribution is -2.29. The third kappa shape index (κ3) is 8.51. The summed E-state index contributed by atoms with van der Waals surface area (Å²) in [5.74, 6) is 0.